The van der Waals surface area contributed by atoms with Crippen LogP contribution in [-0.4, -0.2) is 24.8 Å². The Kier molecular flexibility index (Phi) is 5.48. The highest BCUT2D eigenvalue weighted by Gasteiger charge is 2.14. The van der Waals surface area contributed by atoms with E-state index in [1.165, 1.54) is 7.11 Å². The molecule has 0 saturated carbocycles. The Bertz CT molecular complexity index is 678. The molecule has 122 valence electrons. The summed E-state index contributed by atoms with van der Waals surface area (Å²) < 4.78 is 31.3. The van der Waals surface area contributed by atoms with Crippen LogP contribution < -0.4 is 15.4 Å². The van der Waals surface area contributed by atoms with Crippen molar-refractivity contribution >= 4 is 11.7 Å². The number of nitrogens with one attached hydrogen (secondary N) is 2. The second-order valence-electron chi connectivity index (χ2n) is 4.75. The summed E-state index contributed by atoms with van der Waals surface area (Å²) in [5.74, 6) is -0.948. The second kappa shape index (κ2) is 7.55. The van der Waals surface area contributed by atoms with Gasteiger partial charge in [0.15, 0.2) is 0 Å². The van der Waals surface area contributed by atoms with Crippen molar-refractivity contribution in [3.63, 3.8) is 0 Å². The monoisotopic (exact) mass is 322 g/mol. The predicted molar refractivity (Wildman–Crippen MR) is 81.3 cm³/mol. The van der Waals surface area contributed by atoms with Crippen molar-refractivity contribution in [3.05, 3.63) is 59.7 Å². The summed E-state index contributed by atoms with van der Waals surface area (Å²) in [5.41, 5.74) is 0.446. The van der Waals surface area contributed by atoms with E-state index in [1.54, 1.807) is 24.3 Å². The van der Waals surface area contributed by atoms with E-state index in [1.807, 2.05) is 0 Å². The van der Waals surface area contributed by atoms with Crippen LogP contribution in [0.4, 0.5) is 19.3 Å². The van der Waals surface area contributed by atoms with E-state index in [4.69, 9.17) is 4.74 Å². The van der Waals surface area contributed by atoms with E-state index in [0.717, 1.165) is 12.1 Å². The van der Waals surface area contributed by atoms with Crippen LogP contribution in [0.3, 0.4) is 0 Å². The molecule has 2 aromatic carbocycles. The Morgan fingerprint density at radius 3 is 2.52 bits per heavy atom. The number of anilines is 1. The molecular weight excluding hydrogens is 306 g/mol. The first-order valence-electron chi connectivity index (χ1n) is 6.81. The molecule has 0 heterocycles. The second-order valence-corrected chi connectivity index (χ2v) is 4.75. The van der Waals surface area contributed by atoms with Gasteiger partial charge in [-0.2, -0.15) is 0 Å². The number of ether oxygens (including phenoxy) is 1. The molecule has 0 spiro atoms. The van der Waals surface area contributed by atoms with Gasteiger partial charge in [0, 0.05) is 23.9 Å². The minimum Gasteiger partial charge on any atom is -0.497 e. The molecule has 3 N–H and O–H groups in total. The van der Waals surface area contributed by atoms with Gasteiger partial charge in [0.2, 0.25) is 0 Å². The van der Waals surface area contributed by atoms with E-state index in [9.17, 15) is 18.7 Å². The molecule has 5 nitrogen and oxygen atoms in total. The fourth-order valence-electron chi connectivity index (χ4n) is 1.92. The summed E-state index contributed by atoms with van der Waals surface area (Å²) in [4.78, 5) is 11.7. The Morgan fingerprint density at radius 1 is 1.22 bits per heavy atom. The van der Waals surface area contributed by atoms with Crippen LogP contribution in [0.25, 0.3) is 0 Å². The Labute approximate surface area is 131 Å². The van der Waals surface area contributed by atoms with E-state index in [2.05, 4.69) is 10.6 Å². The van der Waals surface area contributed by atoms with E-state index >= 15 is 0 Å². The molecule has 0 aliphatic heterocycles. The summed E-state index contributed by atoms with van der Waals surface area (Å²) >= 11 is 0. The molecule has 0 aliphatic rings. The van der Waals surface area contributed by atoms with Gasteiger partial charge in [-0.1, -0.05) is 6.07 Å². The number of benzene rings is 2. The first-order valence-corrected chi connectivity index (χ1v) is 6.81. The van der Waals surface area contributed by atoms with Crippen LogP contribution in [0.5, 0.6) is 5.75 Å². The van der Waals surface area contributed by atoms with E-state index < -0.39 is 23.8 Å². The Balaban J connectivity index is 1.87. The average molecular weight is 322 g/mol. The highest BCUT2D eigenvalue weighted by molar-refractivity contribution is 5.89. The molecule has 0 unspecified atom stereocenters. The molecule has 0 fully saturated rings. The first-order chi connectivity index (χ1) is 11.0. The molecule has 0 aliphatic carbocycles. The Morgan fingerprint density at radius 2 is 1.91 bits per heavy atom. The number of aliphatic hydroxyl groups is 1. The lowest BCUT2D eigenvalue weighted by molar-refractivity contribution is 0.170. The average Bonchev–Trinajstić information content (AvgIpc) is 2.53. The molecule has 7 heteroatoms. The fraction of sp³-hybridized carbons (Fsp3) is 0.188. The molecule has 2 rings (SSSR count). The number of methoxy groups -OCH3 is 1. The lowest BCUT2D eigenvalue weighted by Crippen LogP contribution is -2.32. The van der Waals surface area contributed by atoms with Gasteiger partial charge in [-0.15, -0.1) is 0 Å². The third kappa shape index (κ3) is 4.65. The van der Waals surface area contributed by atoms with Crippen LogP contribution in [0.1, 0.15) is 11.7 Å². The standard InChI is InChI=1S/C16H16F2N2O3/c1-23-12-5-3-11(4-6-12)20-16(22)19-9-15(21)13-7-2-10(17)8-14(13)18/h2-8,15,21H,9H2,1H3,(H2,19,20,22)/t15-/m0/s1. The number of rotatable bonds is 5. The molecule has 23 heavy (non-hydrogen) atoms. The van der Waals surface area contributed by atoms with E-state index in [-0.39, 0.29) is 12.1 Å². The van der Waals surface area contributed by atoms with Crippen LogP contribution in [-0.2, 0) is 0 Å². The third-order valence-corrected chi connectivity index (χ3v) is 3.13. The van der Waals surface area contributed by atoms with Gasteiger partial charge >= 0.3 is 6.03 Å². The van der Waals surface area contributed by atoms with E-state index in [0.29, 0.717) is 17.5 Å². The highest BCUT2D eigenvalue weighted by atomic mass is 19.1. The number of halogens is 2. The summed E-state index contributed by atoms with van der Waals surface area (Å²) in [6.45, 7) is -0.218. The van der Waals surface area contributed by atoms with Gasteiger partial charge in [-0.3, -0.25) is 0 Å². The minimum atomic E-state index is -1.28. The van der Waals surface area contributed by atoms with Crippen molar-refractivity contribution in [1.29, 1.82) is 0 Å². The molecule has 0 aromatic heterocycles. The number of hydrogen-bond donors (Lipinski definition) is 3. The zero-order valence-electron chi connectivity index (χ0n) is 12.3. The Hall–Kier alpha value is -2.67. The lowest BCUT2D eigenvalue weighted by atomic mass is 10.1. The maximum absolute atomic E-state index is 13.5. The van der Waals surface area contributed by atoms with Crippen LogP contribution in [0, 0.1) is 11.6 Å². The van der Waals surface area contributed by atoms with Gasteiger partial charge in [0.1, 0.15) is 17.4 Å². The molecule has 2 amide bonds. The topological polar surface area (TPSA) is 70.6 Å². The number of amides is 2. The smallest absolute Gasteiger partial charge is 0.319 e. The lowest BCUT2D eigenvalue weighted by Gasteiger charge is -2.14. The fourth-order valence-corrected chi connectivity index (χ4v) is 1.92. The number of urea groups is 1. The van der Waals surface area contributed by atoms with Crippen molar-refractivity contribution in [3.8, 4) is 5.75 Å². The number of carbonyl (C=O) groups is 1. The summed E-state index contributed by atoms with van der Waals surface area (Å²) in [6.07, 6.45) is -1.28. The van der Waals surface area contributed by atoms with Gasteiger partial charge < -0.3 is 20.5 Å². The number of aliphatic hydroxyl groups excluding tert-OH is 1. The maximum Gasteiger partial charge on any atom is 0.319 e. The normalized spacial score (nSPS) is 11.7. The molecule has 2 aromatic rings. The molecule has 0 radical (unpaired) electrons. The van der Waals surface area contributed by atoms with Crippen molar-refractivity contribution in [1.82, 2.24) is 5.32 Å². The predicted octanol–water partition coefficient (Wildman–Crippen LogP) is 2.83. The van der Waals surface area contributed by atoms with Crippen LogP contribution in [0.2, 0.25) is 0 Å². The van der Waals surface area contributed by atoms with Crippen LogP contribution in [0.15, 0.2) is 42.5 Å². The molecular formula is C16H16F2N2O3. The quantitative estimate of drug-likeness (QED) is 0.793. The van der Waals surface area contributed by atoms with Crippen molar-refractivity contribution in [2.75, 3.05) is 19.0 Å². The SMILES string of the molecule is COc1ccc(NC(=O)NC[C@H](O)c2ccc(F)cc2F)cc1. The summed E-state index contributed by atoms with van der Waals surface area (Å²) in [7, 11) is 1.53. The zero-order valence-corrected chi connectivity index (χ0v) is 12.3. The molecule has 0 saturated heterocycles. The summed E-state index contributed by atoms with van der Waals surface area (Å²) in [6, 6.07) is 8.95. The largest absolute Gasteiger partial charge is 0.497 e. The van der Waals surface area contributed by atoms with Crippen molar-refractivity contribution < 1.29 is 23.4 Å². The van der Waals surface area contributed by atoms with Gasteiger partial charge in [0.05, 0.1) is 13.2 Å². The van der Waals surface area contributed by atoms with Gasteiger partial charge in [0.25, 0.3) is 0 Å². The first kappa shape index (κ1) is 16.7. The van der Waals surface area contributed by atoms with Gasteiger partial charge in [-0.25, -0.2) is 13.6 Å². The van der Waals surface area contributed by atoms with Crippen LogP contribution >= 0.6 is 0 Å². The molecule has 0 bridgehead atoms. The maximum atomic E-state index is 13.5. The summed E-state index contributed by atoms with van der Waals surface area (Å²) in [5, 5.41) is 14.8. The number of carbonyl (C=O) groups excluding carboxylic acids is 1. The zero-order chi connectivity index (χ0) is 16.8. The van der Waals surface area contributed by atoms with Crippen molar-refractivity contribution in [2.24, 2.45) is 0 Å². The number of hydrogen-bond acceptors (Lipinski definition) is 3. The third-order valence-electron chi connectivity index (χ3n) is 3.13. The van der Waals surface area contributed by atoms with Gasteiger partial charge in [-0.05, 0) is 30.3 Å². The van der Waals surface area contributed by atoms with Crippen molar-refractivity contribution in [2.45, 2.75) is 6.10 Å². The minimum absolute atomic E-state index is 0.0869. The highest BCUT2D eigenvalue weighted by Crippen LogP contribution is 2.18. The molecule has 1 atom stereocenters.